The lowest BCUT2D eigenvalue weighted by atomic mass is 10.5. The van der Waals surface area contributed by atoms with Crippen molar-refractivity contribution in [3.05, 3.63) is 35.0 Å². The fourth-order valence-electron chi connectivity index (χ4n) is 1.46. The maximum absolute atomic E-state index is 11.3. The molecule has 0 radical (unpaired) electrons. The van der Waals surface area contributed by atoms with Gasteiger partial charge in [0, 0.05) is 6.07 Å². The summed E-state index contributed by atoms with van der Waals surface area (Å²) >= 11 is 0. The lowest BCUT2D eigenvalue weighted by molar-refractivity contribution is 0.318. The molecular weight excluding hydrogens is 254 g/mol. The predicted molar refractivity (Wildman–Crippen MR) is 61.0 cm³/mol. The van der Waals surface area contributed by atoms with Crippen molar-refractivity contribution >= 4 is 11.5 Å². The number of hydrogen-bond donors (Lipinski definition) is 3. The van der Waals surface area contributed by atoms with Crippen LogP contribution >= 0.6 is 0 Å². The van der Waals surface area contributed by atoms with Gasteiger partial charge in [-0.25, -0.2) is 28.9 Å². The van der Waals surface area contributed by atoms with E-state index < -0.39 is 0 Å². The maximum Gasteiger partial charge on any atom is 0.348 e. The van der Waals surface area contributed by atoms with Crippen molar-refractivity contribution in [1.29, 1.82) is 0 Å². The molecule has 11 nitrogen and oxygen atoms in total. The Hall–Kier alpha value is -3.24. The first-order valence-corrected chi connectivity index (χ1v) is 5.02. The molecule has 0 atom stereocenters. The van der Waals surface area contributed by atoms with Gasteiger partial charge in [-0.1, -0.05) is 5.16 Å². The van der Waals surface area contributed by atoms with E-state index in [2.05, 4.69) is 30.4 Å². The molecule has 3 aromatic rings. The van der Waals surface area contributed by atoms with E-state index in [1.54, 1.807) is 0 Å². The van der Waals surface area contributed by atoms with E-state index in [0.29, 0.717) is 11.5 Å². The Kier molecular flexibility index (Phi) is 2.24. The molecule has 0 aliphatic carbocycles. The van der Waals surface area contributed by atoms with Gasteiger partial charge in [-0.3, -0.25) is 0 Å². The van der Waals surface area contributed by atoms with E-state index in [0.717, 1.165) is 0 Å². The zero-order valence-corrected chi connectivity index (χ0v) is 9.30. The third-order valence-corrected chi connectivity index (χ3v) is 2.36. The first-order chi connectivity index (χ1) is 9.19. The second kappa shape index (κ2) is 3.90. The molecule has 3 aromatic heterocycles. The molecule has 0 saturated heterocycles. The summed E-state index contributed by atoms with van der Waals surface area (Å²) in [5.74, 6) is 0.232. The number of fused-ring (bicyclic) bond motifs is 1. The quantitative estimate of drug-likeness (QED) is 0.210. The van der Waals surface area contributed by atoms with Crippen molar-refractivity contribution in [2.24, 2.45) is 10.9 Å². The standard InChI is InChI=1S/C8H7N9O2/c9-6(15-19)7-11-3-17(14-7)4-1-5-12-13-8(18)16(5)2-10-4/h1-3,19H,(H2,9,15)(H,13,18). The molecular formula is C8H7N9O2. The Morgan fingerprint density at radius 3 is 3.05 bits per heavy atom. The summed E-state index contributed by atoms with van der Waals surface area (Å²) in [4.78, 5) is 19.1. The Labute approximate surface area is 104 Å². The van der Waals surface area contributed by atoms with Crippen LogP contribution in [-0.4, -0.2) is 45.4 Å². The zero-order valence-electron chi connectivity index (χ0n) is 9.30. The van der Waals surface area contributed by atoms with Crippen LogP contribution in [0.5, 0.6) is 0 Å². The average molecular weight is 261 g/mol. The molecule has 0 fully saturated rings. The van der Waals surface area contributed by atoms with Crippen LogP contribution in [-0.2, 0) is 0 Å². The van der Waals surface area contributed by atoms with Gasteiger partial charge in [0.05, 0.1) is 0 Å². The predicted octanol–water partition coefficient (Wildman–Crippen LogP) is -1.91. The van der Waals surface area contributed by atoms with Crippen LogP contribution in [0.15, 0.2) is 28.7 Å². The zero-order chi connectivity index (χ0) is 13.4. The Morgan fingerprint density at radius 2 is 2.26 bits per heavy atom. The third-order valence-electron chi connectivity index (χ3n) is 2.36. The number of nitrogens with two attached hydrogens (primary N) is 1. The van der Waals surface area contributed by atoms with Gasteiger partial charge in [0.2, 0.25) is 11.7 Å². The van der Waals surface area contributed by atoms with Gasteiger partial charge < -0.3 is 10.9 Å². The summed E-state index contributed by atoms with van der Waals surface area (Å²) < 4.78 is 2.55. The van der Waals surface area contributed by atoms with Gasteiger partial charge in [-0.15, -0.1) is 5.10 Å². The van der Waals surface area contributed by atoms with E-state index in [9.17, 15) is 4.79 Å². The fraction of sp³-hybridized carbons (Fsp3) is 0. The molecule has 3 rings (SSSR count). The van der Waals surface area contributed by atoms with Gasteiger partial charge >= 0.3 is 5.69 Å². The monoisotopic (exact) mass is 261 g/mol. The molecule has 19 heavy (non-hydrogen) atoms. The van der Waals surface area contributed by atoms with Crippen molar-refractivity contribution in [2.75, 3.05) is 0 Å². The largest absolute Gasteiger partial charge is 0.409 e. The number of H-pyrrole nitrogens is 1. The topological polar surface area (TPSA) is 152 Å². The van der Waals surface area contributed by atoms with Crippen molar-refractivity contribution in [1.82, 2.24) is 34.3 Å². The molecule has 0 saturated carbocycles. The van der Waals surface area contributed by atoms with Crippen LogP contribution in [0.1, 0.15) is 5.82 Å². The lowest BCUT2D eigenvalue weighted by Gasteiger charge is -1.98. The number of rotatable bonds is 2. The lowest BCUT2D eigenvalue weighted by Crippen LogP contribution is -2.15. The molecule has 3 heterocycles. The molecule has 96 valence electrons. The maximum atomic E-state index is 11.3. The second-order valence-electron chi connectivity index (χ2n) is 3.50. The van der Waals surface area contributed by atoms with E-state index in [4.69, 9.17) is 10.9 Å². The van der Waals surface area contributed by atoms with E-state index in [-0.39, 0.29) is 17.3 Å². The molecule has 0 aliphatic heterocycles. The second-order valence-corrected chi connectivity index (χ2v) is 3.50. The van der Waals surface area contributed by atoms with Crippen molar-refractivity contribution in [2.45, 2.75) is 0 Å². The molecule has 0 amide bonds. The molecule has 4 N–H and O–H groups in total. The molecule has 0 aliphatic rings. The van der Waals surface area contributed by atoms with E-state index >= 15 is 0 Å². The van der Waals surface area contributed by atoms with Crippen LogP contribution in [0.2, 0.25) is 0 Å². The molecule has 11 heteroatoms. The minimum atomic E-state index is -0.384. The van der Waals surface area contributed by atoms with Gasteiger partial charge in [0.15, 0.2) is 11.5 Å². The minimum Gasteiger partial charge on any atom is -0.409 e. The number of amidine groups is 1. The van der Waals surface area contributed by atoms with Crippen LogP contribution in [0.4, 0.5) is 0 Å². The normalized spacial score (nSPS) is 12.1. The van der Waals surface area contributed by atoms with Crippen molar-refractivity contribution in [3.63, 3.8) is 0 Å². The fourth-order valence-corrected chi connectivity index (χ4v) is 1.46. The molecule has 0 spiro atoms. The minimum absolute atomic E-state index is 0.0589. The summed E-state index contributed by atoms with van der Waals surface area (Å²) in [6.07, 6.45) is 2.65. The smallest absolute Gasteiger partial charge is 0.348 e. The van der Waals surface area contributed by atoms with Crippen LogP contribution in [0.25, 0.3) is 11.5 Å². The molecule has 0 bridgehead atoms. The summed E-state index contributed by atoms with van der Waals surface area (Å²) in [6.45, 7) is 0. The van der Waals surface area contributed by atoms with Crippen LogP contribution in [0, 0.1) is 0 Å². The highest BCUT2D eigenvalue weighted by atomic mass is 16.4. The van der Waals surface area contributed by atoms with Gasteiger partial charge in [-0.2, -0.15) is 5.10 Å². The number of nitrogens with one attached hydrogen (secondary N) is 1. The number of hydrogen-bond acceptors (Lipinski definition) is 7. The molecule has 0 unspecified atom stereocenters. The van der Waals surface area contributed by atoms with Crippen molar-refractivity contribution in [3.8, 4) is 5.82 Å². The van der Waals surface area contributed by atoms with Crippen LogP contribution < -0.4 is 11.4 Å². The van der Waals surface area contributed by atoms with Gasteiger partial charge in [-0.05, 0) is 0 Å². The van der Waals surface area contributed by atoms with E-state index in [1.807, 2.05) is 0 Å². The number of nitrogens with zero attached hydrogens (tertiary/aromatic N) is 7. The highest BCUT2D eigenvalue weighted by molar-refractivity contribution is 5.93. The van der Waals surface area contributed by atoms with Gasteiger partial charge in [0.25, 0.3) is 0 Å². The Balaban J connectivity index is 2.09. The van der Waals surface area contributed by atoms with Crippen molar-refractivity contribution < 1.29 is 5.21 Å². The van der Waals surface area contributed by atoms with Crippen LogP contribution in [0.3, 0.4) is 0 Å². The Bertz CT molecular complexity index is 826. The first kappa shape index (κ1) is 10.9. The third kappa shape index (κ3) is 1.69. The average Bonchev–Trinajstić information content (AvgIpc) is 3.05. The van der Waals surface area contributed by atoms with E-state index in [1.165, 1.54) is 27.8 Å². The number of aromatic nitrogens is 7. The highest BCUT2D eigenvalue weighted by Gasteiger charge is 2.09. The number of aromatic amines is 1. The first-order valence-electron chi connectivity index (χ1n) is 5.02. The highest BCUT2D eigenvalue weighted by Crippen LogP contribution is 2.04. The summed E-state index contributed by atoms with van der Waals surface area (Å²) in [5.41, 5.74) is 5.36. The summed E-state index contributed by atoms with van der Waals surface area (Å²) in [7, 11) is 0. The summed E-state index contributed by atoms with van der Waals surface area (Å²) in [5, 5.41) is 21.4. The Morgan fingerprint density at radius 1 is 1.42 bits per heavy atom. The molecule has 0 aromatic carbocycles. The summed E-state index contributed by atoms with van der Waals surface area (Å²) in [6, 6.07) is 1.53. The van der Waals surface area contributed by atoms with Gasteiger partial charge in [0.1, 0.15) is 12.7 Å². The SMILES string of the molecule is NC(=NO)c1ncn(-c2cc3n[nH]c(=O)n3cn2)n1. The number of oxime groups is 1.